The summed E-state index contributed by atoms with van der Waals surface area (Å²) < 4.78 is 12.9. The van der Waals surface area contributed by atoms with Gasteiger partial charge in [-0.1, -0.05) is 6.07 Å². The summed E-state index contributed by atoms with van der Waals surface area (Å²) in [5, 5.41) is 15.4. The molecule has 0 radical (unpaired) electrons. The third-order valence-corrected chi connectivity index (χ3v) is 1.51. The maximum Gasteiger partial charge on any atom is 0.338 e. The van der Waals surface area contributed by atoms with E-state index in [2.05, 4.69) is 0 Å². The van der Waals surface area contributed by atoms with E-state index in [-0.39, 0.29) is 11.4 Å². The van der Waals surface area contributed by atoms with Crippen molar-refractivity contribution in [1.82, 2.24) is 0 Å². The molecule has 0 spiro atoms. The van der Waals surface area contributed by atoms with Crippen LogP contribution >= 0.6 is 0 Å². The molecule has 0 saturated carbocycles. The molecule has 0 bridgehead atoms. The van der Waals surface area contributed by atoms with E-state index in [1.54, 1.807) is 0 Å². The lowest BCUT2D eigenvalue weighted by Crippen LogP contribution is -2.12. The van der Waals surface area contributed by atoms with Crippen LogP contribution in [0.2, 0.25) is 0 Å². The lowest BCUT2D eigenvalue weighted by atomic mass is 10.1. The summed E-state index contributed by atoms with van der Waals surface area (Å²) in [4.78, 5) is 10.4. The second-order valence-corrected chi connectivity index (χ2v) is 2.41. The Kier molecular flexibility index (Phi) is 2.27. The first-order valence-corrected chi connectivity index (χ1v) is 3.39. The Morgan fingerprint density at radius 1 is 1.54 bits per heavy atom. The normalized spacial score (nSPS) is 9.62. The van der Waals surface area contributed by atoms with Crippen LogP contribution in [0.5, 0.6) is 0 Å². The molecule has 0 aliphatic carbocycles. The van der Waals surface area contributed by atoms with E-state index in [1.807, 2.05) is 0 Å². The van der Waals surface area contributed by atoms with Gasteiger partial charge in [-0.15, -0.1) is 0 Å². The van der Waals surface area contributed by atoms with Gasteiger partial charge >= 0.3 is 5.97 Å². The van der Waals surface area contributed by atoms with E-state index < -0.39 is 17.3 Å². The smallest absolute Gasteiger partial charge is 0.338 e. The highest BCUT2D eigenvalue weighted by Crippen LogP contribution is 2.09. The Morgan fingerprint density at radius 3 is 2.54 bits per heavy atom. The molecule has 0 saturated heterocycles. The molecule has 0 heterocycles. The number of nitrogens with two attached hydrogens (primary N) is 1. The van der Waals surface area contributed by atoms with Crippen molar-refractivity contribution in [2.24, 2.45) is 5.73 Å². The second kappa shape index (κ2) is 3.22. The van der Waals surface area contributed by atoms with E-state index >= 15 is 0 Å². The molecule has 1 rings (SSSR count). The number of nitrogen functional groups attached to an aromatic ring is 1. The van der Waals surface area contributed by atoms with E-state index in [0.29, 0.717) is 0 Å². The summed E-state index contributed by atoms with van der Waals surface area (Å²) in [5.41, 5.74) is 4.82. The van der Waals surface area contributed by atoms with Gasteiger partial charge in [0, 0.05) is 5.56 Å². The SMILES string of the molecule is N=C(N)c1ccc(C(=O)O)c(F)c1. The van der Waals surface area contributed by atoms with Crippen molar-refractivity contribution < 1.29 is 14.3 Å². The molecule has 68 valence electrons. The van der Waals surface area contributed by atoms with E-state index in [0.717, 1.165) is 12.1 Å². The number of nitrogens with one attached hydrogen (secondary N) is 1. The van der Waals surface area contributed by atoms with E-state index in [4.69, 9.17) is 16.2 Å². The van der Waals surface area contributed by atoms with Crippen molar-refractivity contribution in [2.75, 3.05) is 0 Å². The first-order valence-electron chi connectivity index (χ1n) is 3.39. The minimum absolute atomic E-state index is 0.169. The molecule has 0 atom stereocenters. The Bertz CT molecular complexity index is 376. The number of hydrogen-bond donors (Lipinski definition) is 3. The van der Waals surface area contributed by atoms with Crippen molar-refractivity contribution >= 4 is 11.8 Å². The molecule has 0 fully saturated rings. The second-order valence-electron chi connectivity index (χ2n) is 2.41. The zero-order chi connectivity index (χ0) is 10.0. The number of carbonyl (C=O) groups is 1. The van der Waals surface area contributed by atoms with Crippen LogP contribution in [0, 0.1) is 11.2 Å². The molecular weight excluding hydrogens is 175 g/mol. The van der Waals surface area contributed by atoms with Crippen LogP contribution in [0.3, 0.4) is 0 Å². The van der Waals surface area contributed by atoms with Gasteiger partial charge in [-0.3, -0.25) is 5.41 Å². The minimum atomic E-state index is -1.34. The third kappa shape index (κ3) is 1.81. The van der Waals surface area contributed by atoms with Gasteiger partial charge in [0.15, 0.2) is 0 Å². The molecule has 0 amide bonds. The van der Waals surface area contributed by atoms with Gasteiger partial charge in [0.1, 0.15) is 11.7 Å². The Hall–Kier alpha value is -1.91. The average Bonchev–Trinajstić information content (AvgIpc) is 2.03. The fourth-order valence-corrected chi connectivity index (χ4v) is 0.856. The van der Waals surface area contributed by atoms with Crippen molar-refractivity contribution in [3.05, 3.63) is 35.1 Å². The Balaban J connectivity index is 3.20. The van der Waals surface area contributed by atoms with Gasteiger partial charge in [-0.25, -0.2) is 9.18 Å². The molecule has 0 unspecified atom stereocenters. The number of halogens is 1. The van der Waals surface area contributed by atoms with Gasteiger partial charge in [0.25, 0.3) is 0 Å². The largest absolute Gasteiger partial charge is 0.478 e. The van der Waals surface area contributed by atoms with Crippen molar-refractivity contribution in [3.63, 3.8) is 0 Å². The lowest BCUT2D eigenvalue weighted by Gasteiger charge is -2.00. The van der Waals surface area contributed by atoms with Crippen LogP contribution in [0.4, 0.5) is 4.39 Å². The van der Waals surface area contributed by atoms with Crippen molar-refractivity contribution in [2.45, 2.75) is 0 Å². The van der Waals surface area contributed by atoms with Gasteiger partial charge < -0.3 is 10.8 Å². The van der Waals surface area contributed by atoms with Crippen molar-refractivity contribution in [3.8, 4) is 0 Å². The van der Waals surface area contributed by atoms with E-state index in [9.17, 15) is 9.18 Å². The fraction of sp³-hybridized carbons (Fsp3) is 0. The quantitative estimate of drug-likeness (QED) is 0.467. The number of rotatable bonds is 2. The number of aromatic carboxylic acids is 1. The van der Waals surface area contributed by atoms with Gasteiger partial charge in [0.05, 0.1) is 5.56 Å². The summed E-state index contributed by atoms with van der Waals surface area (Å²) in [5.74, 6) is -2.52. The zero-order valence-corrected chi connectivity index (χ0v) is 6.54. The monoisotopic (exact) mass is 182 g/mol. The molecule has 0 aromatic heterocycles. The molecule has 0 aliphatic heterocycles. The predicted molar refractivity (Wildman–Crippen MR) is 44.4 cm³/mol. The zero-order valence-electron chi connectivity index (χ0n) is 6.54. The standard InChI is InChI=1S/C8H7FN2O2/c9-6-3-4(7(10)11)1-2-5(6)8(12)13/h1-3H,(H3,10,11)(H,12,13). The molecule has 5 heteroatoms. The third-order valence-electron chi connectivity index (χ3n) is 1.51. The highest BCUT2D eigenvalue weighted by molar-refractivity contribution is 5.96. The van der Waals surface area contributed by atoms with Crippen LogP contribution in [-0.2, 0) is 0 Å². The molecular formula is C8H7FN2O2. The van der Waals surface area contributed by atoms with E-state index in [1.165, 1.54) is 6.07 Å². The first-order chi connectivity index (χ1) is 6.02. The summed E-state index contributed by atoms with van der Waals surface area (Å²) in [6.45, 7) is 0. The van der Waals surface area contributed by atoms with Crippen LogP contribution < -0.4 is 5.73 Å². The highest BCUT2D eigenvalue weighted by atomic mass is 19.1. The molecule has 0 aliphatic rings. The van der Waals surface area contributed by atoms with Crippen LogP contribution in [0.25, 0.3) is 0 Å². The molecule has 1 aromatic rings. The number of carboxylic acids is 1. The number of hydrogen-bond acceptors (Lipinski definition) is 2. The maximum absolute atomic E-state index is 12.9. The summed E-state index contributed by atoms with van der Waals surface area (Å²) >= 11 is 0. The summed E-state index contributed by atoms with van der Waals surface area (Å²) in [7, 11) is 0. The van der Waals surface area contributed by atoms with Crippen LogP contribution in [-0.4, -0.2) is 16.9 Å². The van der Waals surface area contributed by atoms with Gasteiger partial charge in [-0.2, -0.15) is 0 Å². The van der Waals surface area contributed by atoms with Crippen molar-refractivity contribution in [1.29, 1.82) is 5.41 Å². The van der Waals surface area contributed by atoms with Gasteiger partial charge in [0.2, 0.25) is 0 Å². The van der Waals surface area contributed by atoms with Gasteiger partial charge in [-0.05, 0) is 12.1 Å². The predicted octanol–water partition coefficient (Wildman–Crippen LogP) is 0.808. The Labute approximate surface area is 73.3 Å². The maximum atomic E-state index is 12.9. The van der Waals surface area contributed by atoms with Crippen LogP contribution in [0.15, 0.2) is 18.2 Å². The molecule has 4 N–H and O–H groups in total. The molecule has 4 nitrogen and oxygen atoms in total. The highest BCUT2D eigenvalue weighted by Gasteiger charge is 2.10. The number of benzene rings is 1. The average molecular weight is 182 g/mol. The lowest BCUT2D eigenvalue weighted by molar-refractivity contribution is 0.0692. The molecule has 13 heavy (non-hydrogen) atoms. The number of carboxylic acid groups (broad SMARTS) is 1. The number of amidine groups is 1. The topological polar surface area (TPSA) is 87.2 Å². The molecule has 1 aromatic carbocycles. The minimum Gasteiger partial charge on any atom is -0.478 e. The fourth-order valence-electron chi connectivity index (χ4n) is 0.856. The summed E-state index contributed by atoms with van der Waals surface area (Å²) in [6, 6.07) is 3.29. The summed E-state index contributed by atoms with van der Waals surface area (Å²) in [6.07, 6.45) is 0. The van der Waals surface area contributed by atoms with Crippen LogP contribution in [0.1, 0.15) is 15.9 Å². The first kappa shape index (κ1) is 9.18. The Morgan fingerprint density at radius 2 is 2.15 bits per heavy atom.